The molecule has 2 aromatic heterocycles. The Labute approximate surface area is 160 Å². The van der Waals surface area contributed by atoms with Crippen molar-refractivity contribution < 1.29 is 18.3 Å². The first-order valence-electron chi connectivity index (χ1n) is 9.09. The summed E-state index contributed by atoms with van der Waals surface area (Å²) in [6, 6.07) is 14.8. The van der Waals surface area contributed by atoms with Gasteiger partial charge in [-0.1, -0.05) is 30.3 Å². The van der Waals surface area contributed by atoms with Gasteiger partial charge in [-0.25, -0.2) is 13.6 Å². The van der Waals surface area contributed by atoms with Crippen LogP contribution in [0.25, 0.3) is 5.52 Å². The number of nitrogens with one attached hydrogen (secondary N) is 1. The Balaban J connectivity index is 1.49. The summed E-state index contributed by atoms with van der Waals surface area (Å²) in [5, 5.41) is 2.63. The Morgan fingerprint density at radius 1 is 1.14 bits per heavy atom. The minimum Gasteiger partial charge on any atom is -0.444 e. The highest BCUT2D eigenvalue weighted by atomic mass is 19.3. The van der Waals surface area contributed by atoms with Crippen LogP contribution in [0.5, 0.6) is 0 Å². The van der Waals surface area contributed by atoms with E-state index in [0.29, 0.717) is 11.8 Å². The van der Waals surface area contributed by atoms with Crippen LogP contribution in [0.15, 0.2) is 54.7 Å². The molecule has 1 amide bonds. The maximum absolute atomic E-state index is 13.5. The number of alkyl halides is 2. The predicted octanol–water partition coefficient (Wildman–Crippen LogP) is 4.32. The highest BCUT2D eigenvalue weighted by molar-refractivity contribution is 5.84. The number of hydrogen-bond acceptors (Lipinski definition) is 4. The van der Waals surface area contributed by atoms with Crippen LogP contribution in [0.1, 0.15) is 18.4 Å². The Kier molecular flexibility index (Phi) is 4.85. The molecule has 6 nitrogen and oxygen atoms in total. The third-order valence-electron chi connectivity index (χ3n) is 4.72. The highest BCUT2D eigenvalue weighted by Gasteiger charge is 2.35. The van der Waals surface area contributed by atoms with Crippen LogP contribution in [0.2, 0.25) is 0 Å². The Morgan fingerprint density at radius 3 is 2.64 bits per heavy atom. The van der Waals surface area contributed by atoms with E-state index in [1.807, 2.05) is 58.0 Å². The van der Waals surface area contributed by atoms with Gasteiger partial charge in [0.15, 0.2) is 0 Å². The van der Waals surface area contributed by atoms with Crippen molar-refractivity contribution in [2.24, 2.45) is 0 Å². The molecule has 0 saturated carbocycles. The summed E-state index contributed by atoms with van der Waals surface area (Å²) in [4.78, 5) is 18.4. The predicted molar refractivity (Wildman–Crippen MR) is 102 cm³/mol. The van der Waals surface area contributed by atoms with Crippen molar-refractivity contribution in [2.75, 3.05) is 23.3 Å². The second-order valence-corrected chi connectivity index (χ2v) is 6.77. The van der Waals surface area contributed by atoms with E-state index in [1.54, 1.807) is 6.07 Å². The third-order valence-corrected chi connectivity index (χ3v) is 4.72. The molecule has 1 aliphatic heterocycles. The summed E-state index contributed by atoms with van der Waals surface area (Å²) >= 11 is 0. The number of hydrogen-bond donors (Lipinski definition) is 1. The summed E-state index contributed by atoms with van der Waals surface area (Å²) in [5.41, 5.74) is 1.68. The molecule has 0 unspecified atom stereocenters. The van der Waals surface area contributed by atoms with Gasteiger partial charge < -0.3 is 9.64 Å². The van der Waals surface area contributed by atoms with Gasteiger partial charge in [0.05, 0.1) is 5.52 Å². The molecule has 1 aliphatic rings. The Morgan fingerprint density at radius 2 is 1.89 bits per heavy atom. The largest absolute Gasteiger partial charge is 0.444 e. The molecule has 1 saturated heterocycles. The van der Waals surface area contributed by atoms with Crippen molar-refractivity contribution in [1.82, 2.24) is 9.38 Å². The second kappa shape index (κ2) is 7.46. The van der Waals surface area contributed by atoms with E-state index < -0.39 is 12.0 Å². The molecule has 0 bridgehead atoms. The van der Waals surface area contributed by atoms with Crippen molar-refractivity contribution in [1.29, 1.82) is 0 Å². The van der Waals surface area contributed by atoms with E-state index in [-0.39, 0.29) is 32.5 Å². The fraction of sp³-hybridized carbons (Fsp3) is 0.300. The van der Waals surface area contributed by atoms with Crippen molar-refractivity contribution in [3.8, 4) is 0 Å². The van der Waals surface area contributed by atoms with Gasteiger partial charge in [-0.05, 0) is 17.7 Å². The number of carbonyl (C=O) groups is 1. The minimum absolute atomic E-state index is 0.147. The van der Waals surface area contributed by atoms with E-state index in [2.05, 4.69) is 10.3 Å². The third kappa shape index (κ3) is 4.05. The first-order valence-corrected chi connectivity index (χ1v) is 9.09. The molecule has 0 aliphatic carbocycles. The molecule has 1 fully saturated rings. The zero-order chi connectivity index (χ0) is 19.6. The van der Waals surface area contributed by atoms with Crippen molar-refractivity contribution in [3.05, 3.63) is 60.3 Å². The van der Waals surface area contributed by atoms with E-state index in [4.69, 9.17) is 4.74 Å². The van der Waals surface area contributed by atoms with Crippen LogP contribution in [0.3, 0.4) is 0 Å². The standard InChI is InChI=1S/C20H20F2N4O2/c21-20(22)8-11-25(12-9-20)18-23-17(13-16-7-4-10-26(16)18)24-19(27)28-14-15-5-2-1-3-6-15/h1-7,10,13H,8-9,11-12,14H2,(H,24,27). The van der Waals surface area contributed by atoms with Gasteiger partial charge in [0.25, 0.3) is 5.92 Å². The van der Waals surface area contributed by atoms with Crippen molar-refractivity contribution in [3.63, 3.8) is 0 Å². The topological polar surface area (TPSA) is 58.9 Å². The van der Waals surface area contributed by atoms with E-state index in [1.165, 1.54) is 0 Å². The van der Waals surface area contributed by atoms with Crippen LogP contribution < -0.4 is 10.2 Å². The molecular weight excluding hydrogens is 366 g/mol. The number of aromatic nitrogens is 2. The lowest BCUT2D eigenvalue weighted by Crippen LogP contribution is -2.40. The molecule has 28 heavy (non-hydrogen) atoms. The zero-order valence-electron chi connectivity index (χ0n) is 15.1. The SMILES string of the molecule is O=C(Nc1cc2cccn2c(N2CCC(F)(F)CC2)n1)OCc1ccccc1. The lowest BCUT2D eigenvalue weighted by Gasteiger charge is -2.32. The summed E-state index contributed by atoms with van der Waals surface area (Å²) in [5.74, 6) is -1.79. The maximum Gasteiger partial charge on any atom is 0.413 e. The van der Waals surface area contributed by atoms with Gasteiger partial charge in [-0.3, -0.25) is 9.72 Å². The Bertz CT molecular complexity index is 965. The molecule has 0 spiro atoms. The van der Waals surface area contributed by atoms with Gasteiger partial charge in [-0.2, -0.15) is 4.98 Å². The van der Waals surface area contributed by atoms with Gasteiger partial charge in [0.2, 0.25) is 5.95 Å². The molecule has 1 N–H and O–H groups in total. The number of piperidine rings is 1. The smallest absolute Gasteiger partial charge is 0.413 e. The van der Waals surface area contributed by atoms with E-state index >= 15 is 0 Å². The second-order valence-electron chi connectivity index (χ2n) is 6.77. The number of rotatable bonds is 4. The van der Waals surface area contributed by atoms with E-state index in [0.717, 1.165) is 11.1 Å². The number of benzene rings is 1. The first kappa shape index (κ1) is 18.2. The number of carbonyl (C=O) groups excluding carboxylic acids is 1. The molecule has 0 radical (unpaired) electrons. The number of ether oxygens (including phenoxy) is 1. The number of fused-ring (bicyclic) bond motifs is 1. The average Bonchev–Trinajstić information content (AvgIpc) is 3.15. The maximum atomic E-state index is 13.5. The number of amides is 1. The zero-order valence-corrected chi connectivity index (χ0v) is 15.1. The van der Waals surface area contributed by atoms with Crippen LogP contribution >= 0.6 is 0 Å². The number of anilines is 2. The molecule has 8 heteroatoms. The van der Waals surface area contributed by atoms with Crippen LogP contribution in [0, 0.1) is 0 Å². The summed E-state index contributed by atoms with van der Waals surface area (Å²) in [6.45, 7) is 0.554. The molecule has 4 rings (SSSR count). The van der Waals surface area contributed by atoms with Gasteiger partial charge in [0, 0.05) is 38.2 Å². The fourth-order valence-corrected chi connectivity index (χ4v) is 3.21. The number of halogens is 2. The Hall–Kier alpha value is -3.16. The van der Waals surface area contributed by atoms with Crippen molar-refractivity contribution in [2.45, 2.75) is 25.4 Å². The van der Waals surface area contributed by atoms with Crippen molar-refractivity contribution >= 4 is 23.4 Å². The number of nitrogens with zero attached hydrogens (tertiary/aromatic N) is 3. The van der Waals surface area contributed by atoms with Gasteiger partial charge in [0.1, 0.15) is 12.4 Å². The first-order chi connectivity index (χ1) is 13.5. The summed E-state index contributed by atoms with van der Waals surface area (Å²) in [6.07, 6.45) is 0.771. The van der Waals surface area contributed by atoms with Crippen LogP contribution in [-0.4, -0.2) is 34.5 Å². The average molecular weight is 386 g/mol. The quantitative estimate of drug-likeness (QED) is 0.726. The highest BCUT2D eigenvalue weighted by Crippen LogP contribution is 2.30. The fourth-order valence-electron chi connectivity index (χ4n) is 3.21. The monoisotopic (exact) mass is 386 g/mol. The van der Waals surface area contributed by atoms with E-state index in [9.17, 15) is 13.6 Å². The summed E-state index contributed by atoms with van der Waals surface area (Å²) < 4.78 is 34.0. The lowest BCUT2D eigenvalue weighted by molar-refractivity contribution is -0.0222. The molecule has 0 atom stereocenters. The molecule has 3 heterocycles. The van der Waals surface area contributed by atoms with Crippen LogP contribution in [0.4, 0.5) is 25.3 Å². The van der Waals surface area contributed by atoms with Crippen LogP contribution in [-0.2, 0) is 11.3 Å². The molecular formula is C20H20F2N4O2. The lowest BCUT2D eigenvalue weighted by atomic mass is 10.1. The molecule has 3 aromatic rings. The molecule has 1 aromatic carbocycles. The minimum atomic E-state index is -2.64. The summed E-state index contributed by atoms with van der Waals surface area (Å²) in [7, 11) is 0. The molecule has 146 valence electrons. The normalized spacial score (nSPS) is 16.1. The van der Waals surface area contributed by atoms with Gasteiger partial charge in [-0.15, -0.1) is 0 Å². The van der Waals surface area contributed by atoms with Gasteiger partial charge >= 0.3 is 6.09 Å².